The summed E-state index contributed by atoms with van der Waals surface area (Å²) in [6.45, 7) is 7.60. The topological polar surface area (TPSA) is 38.3 Å². The van der Waals surface area contributed by atoms with Crippen molar-refractivity contribution in [2.45, 2.75) is 38.2 Å². The van der Waals surface area contributed by atoms with Crippen LogP contribution >= 0.6 is 27.7 Å². The van der Waals surface area contributed by atoms with Crippen molar-refractivity contribution in [3.63, 3.8) is 0 Å². The fourth-order valence-corrected chi connectivity index (χ4v) is 2.60. The lowest BCUT2D eigenvalue weighted by Gasteiger charge is -2.20. The van der Waals surface area contributed by atoms with E-state index in [-0.39, 0.29) is 0 Å². The highest BCUT2D eigenvalue weighted by Gasteiger charge is 2.17. The fraction of sp³-hybridized carbons (Fsp3) is 0.462. The van der Waals surface area contributed by atoms with Crippen LogP contribution in [0.4, 0.5) is 10.5 Å². The molecule has 0 bridgehead atoms. The summed E-state index contributed by atoms with van der Waals surface area (Å²) in [5.74, 6) is 0.944. The minimum absolute atomic E-state index is 0.428. The molecule has 0 unspecified atom stereocenters. The maximum absolute atomic E-state index is 11.7. The number of ether oxygens (including phenoxy) is 1. The Balaban J connectivity index is 2.80. The third-order valence-electron chi connectivity index (χ3n) is 1.88. The monoisotopic (exact) mass is 331 g/mol. The van der Waals surface area contributed by atoms with Crippen molar-refractivity contribution < 1.29 is 9.53 Å². The van der Waals surface area contributed by atoms with E-state index in [9.17, 15) is 4.79 Å². The molecule has 3 nitrogen and oxygen atoms in total. The molecule has 0 fully saturated rings. The summed E-state index contributed by atoms with van der Waals surface area (Å²) in [5, 5.41) is 2.78. The highest BCUT2D eigenvalue weighted by molar-refractivity contribution is 9.10. The summed E-state index contributed by atoms with van der Waals surface area (Å²) in [6.07, 6.45) is -0.428. The summed E-state index contributed by atoms with van der Waals surface area (Å²) in [7, 11) is 0. The van der Waals surface area contributed by atoms with Gasteiger partial charge in [-0.15, -0.1) is 11.8 Å². The van der Waals surface area contributed by atoms with E-state index in [0.29, 0.717) is 0 Å². The van der Waals surface area contributed by atoms with Crippen LogP contribution in [-0.4, -0.2) is 17.4 Å². The predicted octanol–water partition coefficient (Wildman–Crippen LogP) is 4.91. The minimum Gasteiger partial charge on any atom is -0.444 e. The van der Waals surface area contributed by atoms with E-state index in [0.717, 1.165) is 20.8 Å². The first-order chi connectivity index (χ1) is 8.31. The highest BCUT2D eigenvalue weighted by Crippen LogP contribution is 2.30. The molecule has 100 valence electrons. The van der Waals surface area contributed by atoms with Gasteiger partial charge in [-0.1, -0.05) is 22.9 Å². The van der Waals surface area contributed by atoms with Gasteiger partial charge in [-0.25, -0.2) is 4.79 Å². The third kappa shape index (κ3) is 5.31. The highest BCUT2D eigenvalue weighted by atomic mass is 79.9. The molecule has 0 aliphatic heterocycles. The van der Waals surface area contributed by atoms with Crippen LogP contribution in [0.25, 0.3) is 0 Å². The number of thioether (sulfide) groups is 1. The van der Waals surface area contributed by atoms with Crippen LogP contribution < -0.4 is 5.32 Å². The van der Waals surface area contributed by atoms with Crippen molar-refractivity contribution in [3.8, 4) is 0 Å². The Labute approximate surface area is 121 Å². The van der Waals surface area contributed by atoms with Crippen LogP contribution in [0, 0.1) is 0 Å². The Kier molecular flexibility index (Phi) is 5.53. The largest absolute Gasteiger partial charge is 0.444 e. The lowest BCUT2D eigenvalue weighted by Crippen LogP contribution is -2.27. The zero-order valence-electron chi connectivity index (χ0n) is 11.0. The number of carbonyl (C=O) groups is 1. The number of benzene rings is 1. The van der Waals surface area contributed by atoms with Gasteiger partial charge < -0.3 is 4.74 Å². The molecule has 0 heterocycles. The number of amides is 1. The maximum Gasteiger partial charge on any atom is 0.412 e. The quantitative estimate of drug-likeness (QED) is 0.800. The zero-order chi connectivity index (χ0) is 13.8. The Hall–Kier alpha value is -0.680. The lowest BCUT2D eigenvalue weighted by molar-refractivity contribution is 0.0635. The van der Waals surface area contributed by atoms with Crippen LogP contribution in [0.1, 0.15) is 27.7 Å². The summed E-state index contributed by atoms with van der Waals surface area (Å²) in [6, 6.07) is 5.75. The molecule has 1 aromatic carbocycles. The zero-order valence-corrected chi connectivity index (χ0v) is 13.4. The first kappa shape index (κ1) is 15.4. The number of hydrogen-bond acceptors (Lipinski definition) is 3. The average molecular weight is 332 g/mol. The molecule has 0 aliphatic carbocycles. The van der Waals surface area contributed by atoms with E-state index in [1.165, 1.54) is 0 Å². The predicted molar refractivity (Wildman–Crippen MR) is 80.4 cm³/mol. The second kappa shape index (κ2) is 6.48. The Morgan fingerprint density at radius 3 is 2.67 bits per heavy atom. The van der Waals surface area contributed by atoms with E-state index in [4.69, 9.17) is 4.74 Å². The van der Waals surface area contributed by atoms with Gasteiger partial charge in [0.1, 0.15) is 5.60 Å². The molecule has 1 N–H and O–H groups in total. The van der Waals surface area contributed by atoms with E-state index in [2.05, 4.69) is 28.2 Å². The molecule has 18 heavy (non-hydrogen) atoms. The van der Waals surface area contributed by atoms with Gasteiger partial charge in [0.25, 0.3) is 0 Å². The number of carbonyl (C=O) groups excluding carboxylic acids is 1. The molecule has 0 radical (unpaired) electrons. The number of halogens is 1. The number of hydrogen-bond donors (Lipinski definition) is 1. The number of anilines is 1. The third-order valence-corrected chi connectivity index (χ3v) is 3.31. The van der Waals surface area contributed by atoms with Gasteiger partial charge in [0, 0.05) is 9.37 Å². The molecule has 0 saturated carbocycles. The molecule has 0 saturated heterocycles. The van der Waals surface area contributed by atoms with Gasteiger partial charge in [-0.05, 0) is 44.7 Å². The second-order valence-corrected chi connectivity index (χ2v) is 6.92. The van der Waals surface area contributed by atoms with Crippen LogP contribution in [0.15, 0.2) is 27.6 Å². The maximum atomic E-state index is 11.7. The summed E-state index contributed by atoms with van der Waals surface area (Å²) >= 11 is 5.10. The van der Waals surface area contributed by atoms with Crippen LogP contribution in [-0.2, 0) is 4.74 Å². The van der Waals surface area contributed by atoms with E-state index in [1.807, 2.05) is 39.0 Å². The van der Waals surface area contributed by atoms with Crippen molar-refractivity contribution in [2.24, 2.45) is 0 Å². The van der Waals surface area contributed by atoms with Gasteiger partial charge in [-0.3, -0.25) is 5.32 Å². The number of nitrogens with one attached hydrogen (secondary N) is 1. The lowest BCUT2D eigenvalue weighted by atomic mass is 10.2. The Bertz CT molecular complexity index is 429. The first-order valence-corrected chi connectivity index (χ1v) is 7.52. The molecule has 1 amide bonds. The van der Waals surface area contributed by atoms with Gasteiger partial charge in [0.05, 0.1) is 5.69 Å². The van der Waals surface area contributed by atoms with Crippen LogP contribution in [0.3, 0.4) is 0 Å². The Morgan fingerprint density at radius 2 is 2.11 bits per heavy atom. The van der Waals surface area contributed by atoms with Crippen molar-refractivity contribution in [3.05, 3.63) is 22.7 Å². The smallest absolute Gasteiger partial charge is 0.412 e. The van der Waals surface area contributed by atoms with Crippen molar-refractivity contribution in [1.82, 2.24) is 0 Å². The molecule has 1 aromatic rings. The molecular formula is C13H18BrNO2S. The summed E-state index contributed by atoms with van der Waals surface area (Å²) in [5.41, 5.74) is 0.289. The average Bonchev–Trinajstić information content (AvgIpc) is 2.20. The molecule has 1 rings (SSSR count). The molecule has 0 spiro atoms. The van der Waals surface area contributed by atoms with Gasteiger partial charge in [-0.2, -0.15) is 0 Å². The molecule has 0 aliphatic rings. The molecular weight excluding hydrogens is 314 g/mol. The summed E-state index contributed by atoms with van der Waals surface area (Å²) in [4.78, 5) is 12.7. The van der Waals surface area contributed by atoms with E-state index < -0.39 is 11.7 Å². The fourth-order valence-electron chi connectivity index (χ4n) is 1.29. The van der Waals surface area contributed by atoms with Crippen LogP contribution in [0.2, 0.25) is 0 Å². The summed E-state index contributed by atoms with van der Waals surface area (Å²) < 4.78 is 6.23. The molecule has 0 atom stereocenters. The second-order valence-electron chi connectivity index (χ2n) is 4.70. The van der Waals surface area contributed by atoms with E-state index in [1.54, 1.807) is 11.8 Å². The Morgan fingerprint density at radius 1 is 1.44 bits per heavy atom. The molecule has 5 heteroatoms. The van der Waals surface area contributed by atoms with Crippen molar-refractivity contribution in [2.75, 3.05) is 11.1 Å². The van der Waals surface area contributed by atoms with E-state index >= 15 is 0 Å². The normalized spacial score (nSPS) is 11.2. The van der Waals surface area contributed by atoms with Crippen LogP contribution in [0.5, 0.6) is 0 Å². The first-order valence-electron chi connectivity index (χ1n) is 5.74. The standard InChI is InChI=1S/C13H18BrNO2S/c1-5-18-11-8-9(14)6-7-10(11)15-12(16)17-13(2,3)4/h6-8H,5H2,1-4H3,(H,15,16). The van der Waals surface area contributed by atoms with Crippen molar-refractivity contribution in [1.29, 1.82) is 0 Å². The van der Waals surface area contributed by atoms with Crippen molar-refractivity contribution >= 4 is 39.5 Å². The SMILES string of the molecule is CCSc1cc(Br)ccc1NC(=O)OC(C)(C)C. The van der Waals surface area contributed by atoms with Gasteiger partial charge >= 0.3 is 6.09 Å². The van der Waals surface area contributed by atoms with Gasteiger partial charge in [0.2, 0.25) is 0 Å². The minimum atomic E-state index is -0.489. The number of rotatable bonds is 3. The molecule has 0 aromatic heterocycles. The van der Waals surface area contributed by atoms with Gasteiger partial charge in [0.15, 0.2) is 0 Å².